The first-order chi connectivity index (χ1) is 11.2. The van der Waals surface area contributed by atoms with Crippen molar-refractivity contribution in [2.24, 2.45) is 0 Å². The van der Waals surface area contributed by atoms with Crippen molar-refractivity contribution in [2.45, 2.75) is 26.0 Å². The number of aromatic nitrogens is 2. The molecule has 0 aliphatic heterocycles. The average Bonchev–Trinajstić information content (AvgIpc) is 2.93. The molecule has 2 aromatic carbocycles. The van der Waals surface area contributed by atoms with E-state index in [4.69, 9.17) is 16.3 Å². The van der Waals surface area contributed by atoms with Crippen LogP contribution in [-0.4, -0.2) is 21.3 Å². The normalized spacial score (nSPS) is 12.5. The summed E-state index contributed by atoms with van der Waals surface area (Å²) in [5.74, 6) is 1.42. The van der Waals surface area contributed by atoms with Crippen LogP contribution in [0.3, 0.4) is 0 Å². The summed E-state index contributed by atoms with van der Waals surface area (Å²) in [4.78, 5) is 4.56. The van der Waals surface area contributed by atoms with E-state index in [1.165, 1.54) is 0 Å². The van der Waals surface area contributed by atoms with E-state index >= 15 is 0 Å². The first-order valence-corrected chi connectivity index (χ1v) is 8.08. The summed E-state index contributed by atoms with van der Waals surface area (Å²) in [5, 5.41) is 10.9. The molecule has 1 heterocycles. The van der Waals surface area contributed by atoms with Crippen molar-refractivity contribution in [1.82, 2.24) is 9.55 Å². The summed E-state index contributed by atoms with van der Waals surface area (Å²) >= 11 is 5.96. The molecule has 0 fully saturated rings. The van der Waals surface area contributed by atoms with Gasteiger partial charge in [0.25, 0.3) is 0 Å². The van der Waals surface area contributed by atoms with E-state index in [1.807, 2.05) is 54.0 Å². The SMILES string of the molecule is CCC(O)c1nc2ccccc2n1CCOc1cccc(Cl)c1. The Morgan fingerprint density at radius 1 is 1.22 bits per heavy atom. The number of fused-ring (bicyclic) bond motifs is 1. The number of halogens is 1. The molecule has 0 aliphatic rings. The van der Waals surface area contributed by atoms with Gasteiger partial charge in [0.05, 0.1) is 17.6 Å². The predicted octanol–water partition coefficient (Wildman–Crippen LogP) is 4.21. The number of para-hydroxylation sites is 2. The predicted molar refractivity (Wildman–Crippen MR) is 91.9 cm³/mol. The number of rotatable bonds is 6. The molecular weight excluding hydrogens is 312 g/mol. The summed E-state index contributed by atoms with van der Waals surface area (Å²) in [6.45, 7) is 3.03. The zero-order valence-electron chi connectivity index (χ0n) is 12.9. The first-order valence-electron chi connectivity index (χ1n) is 7.70. The summed E-state index contributed by atoms with van der Waals surface area (Å²) in [6.07, 6.45) is 0.0481. The van der Waals surface area contributed by atoms with Gasteiger partial charge < -0.3 is 14.4 Å². The molecule has 1 unspecified atom stereocenters. The van der Waals surface area contributed by atoms with E-state index in [0.717, 1.165) is 16.8 Å². The van der Waals surface area contributed by atoms with Crippen LogP contribution in [0.15, 0.2) is 48.5 Å². The number of aliphatic hydroxyl groups excluding tert-OH is 1. The summed E-state index contributed by atoms with van der Waals surface area (Å²) in [5.41, 5.74) is 1.89. The Labute approximate surface area is 140 Å². The van der Waals surface area contributed by atoms with E-state index in [1.54, 1.807) is 6.07 Å². The van der Waals surface area contributed by atoms with Crippen LogP contribution in [0.5, 0.6) is 5.75 Å². The second-order valence-electron chi connectivity index (χ2n) is 5.34. The second-order valence-corrected chi connectivity index (χ2v) is 5.78. The van der Waals surface area contributed by atoms with Crippen molar-refractivity contribution >= 4 is 22.6 Å². The number of imidazole rings is 1. The van der Waals surface area contributed by atoms with Gasteiger partial charge >= 0.3 is 0 Å². The lowest BCUT2D eigenvalue weighted by molar-refractivity contribution is 0.157. The van der Waals surface area contributed by atoms with E-state index in [-0.39, 0.29) is 0 Å². The molecule has 0 aliphatic carbocycles. The molecule has 3 rings (SSSR count). The summed E-state index contributed by atoms with van der Waals surface area (Å²) in [7, 11) is 0. The van der Waals surface area contributed by atoms with Crippen molar-refractivity contribution in [1.29, 1.82) is 0 Å². The molecule has 0 bridgehead atoms. The lowest BCUT2D eigenvalue weighted by Crippen LogP contribution is -2.13. The topological polar surface area (TPSA) is 47.3 Å². The maximum Gasteiger partial charge on any atom is 0.138 e. The smallest absolute Gasteiger partial charge is 0.138 e. The number of aliphatic hydroxyl groups is 1. The van der Waals surface area contributed by atoms with E-state index in [0.29, 0.717) is 30.4 Å². The van der Waals surface area contributed by atoms with Crippen molar-refractivity contribution in [3.05, 3.63) is 59.4 Å². The van der Waals surface area contributed by atoms with E-state index in [2.05, 4.69) is 4.98 Å². The monoisotopic (exact) mass is 330 g/mol. The highest BCUT2D eigenvalue weighted by molar-refractivity contribution is 6.30. The van der Waals surface area contributed by atoms with Crippen molar-refractivity contribution in [3.63, 3.8) is 0 Å². The molecule has 23 heavy (non-hydrogen) atoms. The number of benzene rings is 2. The molecule has 0 saturated carbocycles. The highest BCUT2D eigenvalue weighted by atomic mass is 35.5. The lowest BCUT2D eigenvalue weighted by atomic mass is 10.2. The molecule has 4 nitrogen and oxygen atoms in total. The average molecular weight is 331 g/mol. The van der Waals surface area contributed by atoms with Crippen molar-refractivity contribution in [3.8, 4) is 5.75 Å². The Morgan fingerprint density at radius 2 is 2.04 bits per heavy atom. The minimum absolute atomic E-state index is 0.476. The van der Waals surface area contributed by atoms with Gasteiger partial charge in [0.1, 0.15) is 24.3 Å². The van der Waals surface area contributed by atoms with Crippen molar-refractivity contribution < 1.29 is 9.84 Å². The molecule has 1 N–H and O–H groups in total. The fourth-order valence-corrected chi connectivity index (χ4v) is 2.76. The van der Waals surface area contributed by atoms with Crippen LogP contribution in [0.1, 0.15) is 25.3 Å². The molecular formula is C18H19ClN2O2. The molecule has 0 amide bonds. The quantitative estimate of drug-likeness (QED) is 0.736. The number of nitrogens with zero attached hydrogens (tertiary/aromatic N) is 2. The number of hydrogen-bond donors (Lipinski definition) is 1. The molecule has 0 spiro atoms. The minimum atomic E-state index is -0.575. The van der Waals surface area contributed by atoms with Crippen LogP contribution in [0.2, 0.25) is 5.02 Å². The van der Waals surface area contributed by atoms with Crippen LogP contribution in [0.4, 0.5) is 0 Å². The van der Waals surface area contributed by atoms with Crippen LogP contribution in [0, 0.1) is 0 Å². The van der Waals surface area contributed by atoms with Gasteiger partial charge in [-0.2, -0.15) is 0 Å². The van der Waals surface area contributed by atoms with Crippen LogP contribution >= 0.6 is 11.6 Å². The third kappa shape index (κ3) is 3.49. The van der Waals surface area contributed by atoms with Crippen LogP contribution < -0.4 is 4.74 Å². The third-order valence-electron chi connectivity index (χ3n) is 3.75. The fraction of sp³-hybridized carbons (Fsp3) is 0.278. The minimum Gasteiger partial charge on any atom is -0.492 e. The Hall–Kier alpha value is -2.04. The Kier molecular flexibility index (Phi) is 4.84. The maximum atomic E-state index is 10.2. The van der Waals surface area contributed by atoms with E-state index < -0.39 is 6.10 Å². The van der Waals surface area contributed by atoms with Gasteiger partial charge in [-0.05, 0) is 36.8 Å². The molecule has 3 aromatic rings. The van der Waals surface area contributed by atoms with Gasteiger partial charge in [0, 0.05) is 5.02 Å². The van der Waals surface area contributed by atoms with Gasteiger partial charge in [-0.15, -0.1) is 0 Å². The van der Waals surface area contributed by atoms with Crippen LogP contribution in [-0.2, 0) is 6.54 Å². The Balaban J connectivity index is 1.81. The number of ether oxygens (including phenoxy) is 1. The summed E-state index contributed by atoms with van der Waals surface area (Å²) in [6, 6.07) is 15.2. The second kappa shape index (κ2) is 7.02. The van der Waals surface area contributed by atoms with E-state index in [9.17, 15) is 5.11 Å². The molecule has 0 saturated heterocycles. The Morgan fingerprint density at radius 3 is 2.83 bits per heavy atom. The highest BCUT2D eigenvalue weighted by Crippen LogP contribution is 2.23. The largest absolute Gasteiger partial charge is 0.492 e. The molecule has 5 heteroatoms. The standard InChI is InChI=1S/C18H19ClN2O2/c1-2-17(22)18-20-15-8-3-4-9-16(15)21(18)10-11-23-14-7-5-6-13(19)12-14/h3-9,12,17,22H,2,10-11H2,1H3. The third-order valence-corrected chi connectivity index (χ3v) is 3.98. The zero-order valence-corrected chi connectivity index (χ0v) is 13.7. The van der Waals surface area contributed by atoms with Gasteiger partial charge in [0.15, 0.2) is 0 Å². The summed E-state index contributed by atoms with van der Waals surface area (Å²) < 4.78 is 7.78. The van der Waals surface area contributed by atoms with Gasteiger partial charge in [-0.25, -0.2) is 4.98 Å². The first kappa shape index (κ1) is 15.8. The Bertz CT molecular complexity index is 801. The molecule has 1 atom stereocenters. The van der Waals surface area contributed by atoms with Gasteiger partial charge in [0.2, 0.25) is 0 Å². The highest BCUT2D eigenvalue weighted by Gasteiger charge is 2.16. The van der Waals surface area contributed by atoms with Gasteiger partial charge in [-0.3, -0.25) is 0 Å². The molecule has 120 valence electrons. The number of hydrogen-bond acceptors (Lipinski definition) is 3. The zero-order chi connectivity index (χ0) is 16.2. The van der Waals surface area contributed by atoms with Crippen LogP contribution in [0.25, 0.3) is 11.0 Å². The molecule has 0 radical (unpaired) electrons. The van der Waals surface area contributed by atoms with Gasteiger partial charge in [-0.1, -0.05) is 36.7 Å². The lowest BCUT2D eigenvalue weighted by Gasteiger charge is -2.13. The van der Waals surface area contributed by atoms with Crippen molar-refractivity contribution in [2.75, 3.05) is 6.61 Å². The maximum absolute atomic E-state index is 10.2. The molecule has 1 aromatic heterocycles. The fourth-order valence-electron chi connectivity index (χ4n) is 2.58.